The fourth-order valence-corrected chi connectivity index (χ4v) is 4.34. The number of hydrogen-bond acceptors (Lipinski definition) is 5. The summed E-state index contributed by atoms with van der Waals surface area (Å²) in [5.74, 6) is 0.374. The Balaban J connectivity index is 1.49. The van der Waals surface area contributed by atoms with Crippen molar-refractivity contribution in [1.29, 1.82) is 0 Å². The molecule has 0 saturated carbocycles. The molecule has 0 atom stereocenters. The molecule has 6 nitrogen and oxygen atoms in total. The number of halogens is 1. The van der Waals surface area contributed by atoms with Gasteiger partial charge in [-0.1, -0.05) is 12.1 Å². The lowest BCUT2D eigenvalue weighted by molar-refractivity contribution is -0.116. The molecule has 178 valence electrons. The van der Waals surface area contributed by atoms with E-state index in [1.54, 1.807) is 18.5 Å². The first-order valence-electron chi connectivity index (χ1n) is 11.8. The molecule has 0 bridgehead atoms. The largest absolute Gasteiger partial charge is 0.492 e. The molecule has 1 amide bonds. The van der Waals surface area contributed by atoms with Gasteiger partial charge in [0, 0.05) is 41.2 Å². The summed E-state index contributed by atoms with van der Waals surface area (Å²) in [6.07, 6.45) is 4.91. The Morgan fingerprint density at radius 1 is 1.06 bits per heavy atom. The van der Waals surface area contributed by atoms with Gasteiger partial charge in [-0.05, 0) is 82.1 Å². The number of nitrogens with one attached hydrogen (secondary N) is 1. The lowest BCUT2D eigenvalue weighted by Gasteiger charge is -2.18. The molecule has 1 aromatic heterocycles. The second-order valence-electron chi connectivity index (χ2n) is 8.70. The number of carbonyl (C=O) groups excluding carboxylic acids is 1. The summed E-state index contributed by atoms with van der Waals surface area (Å²) < 4.78 is 19.3. The number of likely N-dealkylation sites (tertiary alicyclic amines) is 1. The van der Waals surface area contributed by atoms with Crippen molar-refractivity contribution < 1.29 is 13.9 Å². The Kier molecular flexibility index (Phi) is 7.85. The third-order valence-corrected chi connectivity index (χ3v) is 6.18. The first-order valence-corrected chi connectivity index (χ1v) is 11.8. The van der Waals surface area contributed by atoms with Crippen LogP contribution < -0.4 is 10.1 Å². The number of benzene rings is 2. The van der Waals surface area contributed by atoms with Crippen LogP contribution in [0.15, 0.2) is 48.8 Å². The molecule has 0 spiro atoms. The molecule has 4 rings (SSSR count). The summed E-state index contributed by atoms with van der Waals surface area (Å²) in [6, 6.07) is 11.9. The van der Waals surface area contributed by atoms with Gasteiger partial charge in [-0.3, -0.25) is 9.69 Å². The Bertz CT molecular complexity index is 1110. The van der Waals surface area contributed by atoms with Crippen LogP contribution >= 0.6 is 0 Å². The van der Waals surface area contributed by atoms with Gasteiger partial charge < -0.3 is 10.1 Å². The zero-order valence-electron chi connectivity index (χ0n) is 19.8. The third-order valence-electron chi connectivity index (χ3n) is 6.18. The summed E-state index contributed by atoms with van der Waals surface area (Å²) in [7, 11) is 0. The average molecular weight is 463 g/mol. The van der Waals surface area contributed by atoms with E-state index >= 15 is 0 Å². The maximum atomic E-state index is 13.1. The van der Waals surface area contributed by atoms with Crippen molar-refractivity contribution in [2.24, 2.45) is 0 Å². The molecule has 1 fully saturated rings. The maximum Gasteiger partial charge on any atom is 0.224 e. The van der Waals surface area contributed by atoms with E-state index in [-0.39, 0.29) is 11.7 Å². The van der Waals surface area contributed by atoms with E-state index in [1.165, 1.54) is 25.0 Å². The molecule has 0 aliphatic carbocycles. The lowest BCUT2D eigenvalue weighted by Crippen LogP contribution is -2.25. The SMILES string of the molecule is Cc1ncnc(C)c1-c1cc(NC(=O)CCc2ccc(F)cc2)ccc1OCCN1CCCC1. The van der Waals surface area contributed by atoms with Crippen LogP contribution in [0.3, 0.4) is 0 Å². The average Bonchev–Trinajstić information content (AvgIpc) is 3.33. The molecule has 1 aliphatic heterocycles. The second-order valence-corrected chi connectivity index (χ2v) is 8.70. The molecule has 3 aromatic rings. The van der Waals surface area contributed by atoms with Crippen molar-refractivity contribution in [3.63, 3.8) is 0 Å². The molecule has 0 unspecified atom stereocenters. The van der Waals surface area contributed by atoms with E-state index in [0.717, 1.165) is 53.5 Å². The number of aryl methyl sites for hydroxylation is 3. The number of ether oxygens (including phenoxy) is 1. The minimum atomic E-state index is -0.279. The first kappa shape index (κ1) is 23.8. The summed E-state index contributed by atoms with van der Waals surface area (Å²) >= 11 is 0. The second kappa shape index (κ2) is 11.2. The molecule has 2 heterocycles. The van der Waals surface area contributed by atoms with Crippen molar-refractivity contribution in [2.75, 3.05) is 31.6 Å². The standard InChI is InChI=1S/C27H31FN4O2/c1-19-27(20(2)30-18-29-19)24-17-23(10-11-25(24)34-16-15-32-13-3-4-14-32)31-26(33)12-7-21-5-8-22(28)9-6-21/h5-6,8-11,17-18H,3-4,7,12-16H2,1-2H3,(H,31,33). The number of carbonyl (C=O) groups is 1. The van der Waals surface area contributed by atoms with Gasteiger partial charge in [0.25, 0.3) is 0 Å². The molecular formula is C27H31FN4O2. The smallest absolute Gasteiger partial charge is 0.224 e. The van der Waals surface area contributed by atoms with E-state index in [2.05, 4.69) is 20.2 Å². The normalized spacial score (nSPS) is 13.7. The number of amides is 1. The molecule has 1 aliphatic rings. The number of hydrogen-bond donors (Lipinski definition) is 1. The molecule has 1 saturated heterocycles. The molecule has 0 radical (unpaired) electrons. The first-order chi connectivity index (χ1) is 16.5. The minimum Gasteiger partial charge on any atom is -0.492 e. The fourth-order valence-electron chi connectivity index (χ4n) is 4.34. The molecular weight excluding hydrogens is 431 g/mol. The van der Waals surface area contributed by atoms with Crippen LogP contribution in [-0.4, -0.2) is 47.0 Å². The van der Waals surface area contributed by atoms with Crippen LogP contribution in [0.2, 0.25) is 0 Å². The predicted molar refractivity (Wildman–Crippen MR) is 131 cm³/mol. The lowest BCUT2D eigenvalue weighted by atomic mass is 10.0. The summed E-state index contributed by atoms with van der Waals surface area (Å²) in [5.41, 5.74) is 5.11. The van der Waals surface area contributed by atoms with Crippen molar-refractivity contribution in [1.82, 2.24) is 14.9 Å². The van der Waals surface area contributed by atoms with Gasteiger partial charge in [-0.25, -0.2) is 14.4 Å². The Labute approximate surface area is 200 Å². The van der Waals surface area contributed by atoms with Gasteiger partial charge >= 0.3 is 0 Å². The highest BCUT2D eigenvalue weighted by atomic mass is 19.1. The maximum absolute atomic E-state index is 13.1. The zero-order chi connectivity index (χ0) is 23.9. The van der Waals surface area contributed by atoms with Crippen LogP contribution in [0, 0.1) is 19.7 Å². The third kappa shape index (κ3) is 6.17. The van der Waals surface area contributed by atoms with E-state index in [0.29, 0.717) is 25.1 Å². The van der Waals surface area contributed by atoms with E-state index in [9.17, 15) is 9.18 Å². The van der Waals surface area contributed by atoms with E-state index in [4.69, 9.17) is 4.74 Å². The van der Waals surface area contributed by atoms with Crippen LogP contribution in [0.25, 0.3) is 11.1 Å². The summed E-state index contributed by atoms with van der Waals surface area (Å²) in [5, 5.41) is 2.98. The van der Waals surface area contributed by atoms with Gasteiger partial charge in [0.05, 0.1) is 0 Å². The predicted octanol–water partition coefficient (Wildman–Crippen LogP) is 4.95. The minimum absolute atomic E-state index is 0.101. The van der Waals surface area contributed by atoms with Crippen molar-refractivity contribution >= 4 is 11.6 Å². The monoisotopic (exact) mass is 462 g/mol. The highest BCUT2D eigenvalue weighted by molar-refractivity contribution is 5.92. The molecule has 1 N–H and O–H groups in total. The fraction of sp³-hybridized carbons (Fsp3) is 0.370. The molecule has 34 heavy (non-hydrogen) atoms. The van der Waals surface area contributed by atoms with Gasteiger partial charge in [-0.15, -0.1) is 0 Å². The van der Waals surface area contributed by atoms with Crippen LogP contribution in [0.4, 0.5) is 10.1 Å². The van der Waals surface area contributed by atoms with Crippen molar-refractivity contribution in [3.05, 3.63) is 71.6 Å². The summed E-state index contributed by atoms with van der Waals surface area (Å²) in [4.78, 5) is 23.7. The number of anilines is 1. The topological polar surface area (TPSA) is 67.3 Å². The van der Waals surface area contributed by atoms with Crippen LogP contribution in [0.1, 0.15) is 36.2 Å². The van der Waals surface area contributed by atoms with E-state index < -0.39 is 0 Å². The van der Waals surface area contributed by atoms with E-state index in [1.807, 2.05) is 32.0 Å². The molecule has 7 heteroatoms. The Morgan fingerprint density at radius 2 is 1.76 bits per heavy atom. The highest BCUT2D eigenvalue weighted by Gasteiger charge is 2.16. The van der Waals surface area contributed by atoms with Crippen LogP contribution in [-0.2, 0) is 11.2 Å². The Morgan fingerprint density at radius 3 is 2.47 bits per heavy atom. The van der Waals surface area contributed by atoms with Crippen molar-refractivity contribution in [2.45, 2.75) is 39.5 Å². The van der Waals surface area contributed by atoms with Crippen molar-refractivity contribution in [3.8, 4) is 16.9 Å². The Hall–Kier alpha value is -3.32. The highest BCUT2D eigenvalue weighted by Crippen LogP contribution is 2.35. The number of aromatic nitrogens is 2. The van der Waals surface area contributed by atoms with Gasteiger partial charge in [-0.2, -0.15) is 0 Å². The summed E-state index contributed by atoms with van der Waals surface area (Å²) in [6.45, 7) is 7.65. The van der Waals surface area contributed by atoms with Gasteiger partial charge in [0.2, 0.25) is 5.91 Å². The number of rotatable bonds is 9. The van der Waals surface area contributed by atoms with Crippen LogP contribution in [0.5, 0.6) is 5.75 Å². The van der Waals surface area contributed by atoms with Gasteiger partial charge in [0.1, 0.15) is 24.5 Å². The number of nitrogens with zero attached hydrogens (tertiary/aromatic N) is 3. The molecule has 2 aromatic carbocycles. The zero-order valence-corrected chi connectivity index (χ0v) is 19.8. The van der Waals surface area contributed by atoms with Gasteiger partial charge in [0.15, 0.2) is 0 Å². The quantitative estimate of drug-likeness (QED) is 0.488.